The fraction of sp³-hybridized carbons (Fsp3) is 0.450. The highest BCUT2D eigenvalue weighted by atomic mass is 16.6. The molecule has 0 aliphatic heterocycles. The monoisotopic (exact) mass is 1170 g/mol. The first-order valence-corrected chi connectivity index (χ1v) is 27.7. The normalized spacial score (nSPS) is 11.2. The average molecular weight is 1170 g/mol. The Hall–Kier alpha value is -9.09. The molecule has 4 aromatic carbocycles. The predicted octanol–water partition coefficient (Wildman–Crippen LogP) is 11.9. The Bertz CT molecular complexity index is 2740. The van der Waals surface area contributed by atoms with Crippen LogP contribution in [-0.4, -0.2) is 90.9 Å². The first-order valence-electron chi connectivity index (χ1n) is 27.7. The van der Waals surface area contributed by atoms with Crippen LogP contribution in [0.4, 0.5) is 62.9 Å². The molecule has 9 N–H and O–H groups in total. The van der Waals surface area contributed by atoms with E-state index < -0.39 is 71.1 Å². The molecule has 0 aliphatic carbocycles. The van der Waals surface area contributed by atoms with Gasteiger partial charge in [-0.25, -0.2) is 43.2 Å². The van der Waals surface area contributed by atoms with Gasteiger partial charge in [0.05, 0.1) is 70.6 Å². The summed E-state index contributed by atoms with van der Waals surface area (Å²) in [7, 11) is 0. The molecule has 0 aromatic heterocycles. The molecule has 9 amide bonds. The minimum Gasteiger partial charge on any atom is -0.462 e. The molecule has 24 heteroatoms. The summed E-state index contributed by atoms with van der Waals surface area (Å²) in [5, 5.41) is 24.9. The van der Waals surface area contributed by atoms with Crippen LogP contribution in [0.1, 0.15) is 168 Å². The molecule has 0 bridgehead atoms. The molecule has 4 rings (SSSR count). The topological polar surface area (TPSA) is 317 Å². The Morgan fingerprint density at radius 3 is 0.774 bits per heavy atom. The van der Waals surface area contributed by atoms with Crippen molar-refractivity contribution in [1.29, 1.82) is 0 Å². The van der Waals surface area contributed by atoms with Crippen LogP contribution in [0, 0.1) is 0 Å². The fourth-order valence-corrected chi connectivity index (χ4v) is 8.55. The van der Waals surface area contributed by atoms with E-state index in [9.17, 15) is 43.2 Å². The Morgan fingerprint density at radius 1 is 0.333 bits per heavy atom. The van der Waals surface area contributed by atoms with Crippen molar-refractivity contribution in [2.45, 2.75) is 160 Å². The second kappa shape index (κ2) is 30.3. The van der Waals surface area contributed by atoms with Gasteiger partial charge >= 0.3 is 54.3 Å². The summed E-state index contributed by atoms with van der Waals surface area (Å²) in [5.74, 6) is -1.97. The van der Waals surface area contributed by atoms with E-state index in [1.54, 1.807) is 83.1 Å². The number of anilines is 6. The van der Waals surface area contributed by atoms with Gasteiger partial charge in [0, 0.05) is 19.6 Å². The molecule has 0 heterocycles. The van der Waals surface area contributed by atoms with Gasteiger partial charge in [-0.15, -0.1) is 0 Å². The van der Waals surface area contributed by atoms with Crippen LogP contribution in [-0.2, 0) is 67.3 Å². The molecule has 0 fully saturated rings. The van der Waals surface area contributed by atoms with E-state index in [1.807, 2.05) is 20.8 Å². The predicted molar refractivity (Wildman–Crippen MR) is 319 cm³/mol. The smallest absolute Gasteiger partial charge is 0.412 e. The molecule has 456 valence electrons. The van der Waals surface area contributed by atoms with Crippen LogP contribution in [0.3, 0.4) is 0 Å². The summed E-state index contributed by atoms with van der Waals surface area (Å²) in [4.78, 5) is 119. The quantitative estimate of drug-likeness (QED) is 0.0277. The Balaban J connectivity index is 1.80. The fourth-order valence-electron chi connectivity index (χ4n) is 8.55. The third-order valence-electron chi connectivity index (χ3n) is 11.8. The van der Waals surface area contributed by atoms with Crippen LogP contribution >= 0.6 is 0 Å². The minimum absolute atomic E-state index is 0.0457. The highest BCUT2D eigenvalue weighted by molar-refractivity contribution is 6.03. The third-order valence-corrected chi connectivity index (χ3v) is 11.8. The SMILES string of the molecule is CCOC(=O)c1ccc(NC(=O)NCc2c(CC)c(CNC(=O)Nc3ccc(C(=O)OCC)cc3NC(=O)OC(C)(C)C)c(CC)c(CNC(=O)Nc3ccc(C(=O)OCC)cc3NC(=O)OC(C)(C)C)c2CC)c(NC(=O)OC(C)(C)C)c1. The summed E-state index contributed by atoms with van der Waals surface area (Å²) in [6, 6.07) is 10.5. The summed E-state index contributed by atoms with van der Waals surface area (Å²) in [6.45, 7) is 25.9. The van der Waals surface area contributed by atoms with Crippen LogP contribution < -0.4 is 47.9 Å². The second-order valence-electron chi connectivity index (χ2n) is 21.7. The Labute approximate surface area is 490 Å². The van der Waals surface area contributed by atoms with Crippen molar-refractivity contribution in [2.75, 3.05) is 51.7 Å². The zero-order valence-corrected chi connectivity index (χ0v) is 50.7. The van der Waals surface area contributed by atoms with Crippen molar-refractivity contribution in [1.82, 2.24) is 16.0 Å². The zero-order valence-electron chi connectivity index (χ0n) is 50.7. The van der Waals surface area contributed by atoms with Gasteiger partial charge in [0.25, 0.3) is 0 Å². The molecule has 24 nitrogen and oxygen atoms in total. The van der Waals surface area contributed by atoms with Gasteiger partial charge in [-0.1, -0.05) is 20.8 Å². The van der Waals surface area contributed by atoms with E-state index in [4.69, 9.17) is 28.4 Å². The maximum atomic E-state index is 14.0. The van der Waals surface area contributed by atoms with Gasteiger partial charge < -0.3 is 60.3 Å². The highest BCUT2D eigenvalue weighted by Gasteiger charge is 2.26. The molecule has 0 saturated carbocycles. The van der Waals surface area contributed by atoms with E-state index in [0.29, 0.717) is 36.0 Å². The largest absolute Gasteiger partial charge is 0.462 e. The lowest BCUT2D eigenvalue weighted by Gasteiger charge is -2.27. The number of carbonyl (C=O) groups is 9. The van der Waals surface area contributed by atoms with E-state index in [-0.39, 0.29) is 90.3 Å². The second-order valence-corrected chi connectivity index (χ2v) is 21.7. The zero-order chi connectivity index (χ0) is 62.7. The summed E-state index contributed by atoms with van der Waals surface area (Å²) in [5.41, 5.74) is 2.49. The Kier molecular flexibility index (Phi) is 24.3. The molecule has 0 aliphatic rings. The lowest BCUT2D eigenvalue weighted by atomic mass is 9.83. The van der Waals surface area contributed by atoms with Crippen molar-refractivity contribution >= 4 is 88.4 Å². The maximum absolute atomic E-state index is 14.0. The highest BCUT2D eigenvalue weighted by Crippen LogP contribution is 2.33. The van der Waals surface area contributed by atoms with E-state index in [2.05, 4.69) is 47.9 Å². The minimum atomic E-state index is -0.877. The van der Waals surface area contributed by atoms with Crippen molar-refractivity contribution in [3.05, 3.63) is 105 Å². The van der Waals surface area contributed by atoms with Crippen LogP contribution in [0.5, 0.6) is 0 Å². The number of amides is 9. The number of ether oxygens (including phenoxy) is 6. The number of benzene rings is 4. The average Bonchev–Trinajstić information content (AvgIpc) is 1.57. The van der Waals surface area contributed by atoms with Gasteiger partial charge in [0.2, 0.25) is 0 Å². The summed E-state index contributed by atoms with van der Waals surface area (Å²) >= 11 is 0. The molecule has 0 saturated heterocycles. The van der Waals surface area contributed by atoms with Crippen molar-refractivity contribution in [2.24, 2.45) is 0 Å². The number of hydrogen-bond donors (Lipinski definition) is 9. The molecule has 0 radical (unpaired) electrons. The molecule has 84 heavy (non-hydrogen) atoms. The van der Waals surface area contributed by atoms with E-state index >= 15 is 0 Å². The number of esters is 3. The van der Waals surface area contributed by atoms with E-state index in [0.717, 1.165) is 16.7 Å². The van der Waals surface area contributed by atoms with Gasteiger partial charge in [0.15, 0.2) is 0 Å². The maximum Gasteiger partial charge on any atom is 0.412 e. The number of hydrogen-bond acceptors (Lipinski definition) is 15. The summed E-state index contributed by atoms with van der Waals surface area (Å²) in [6.07, 6.45) is -1.33. The van der Waals surface area contributed by atoms with Crippen LogP contribution in [0.25, 0.3) is 0 Å². The van der Waals surface area contributed by atoms with Gasteiger partial charge in [-0.05, 0) is 190 Å². The first kappa shape index (κ1) is 67.4. The number of nitrogens with one attached hydrogen (secondary N) is 9. The first-order chi connectivity index (χ1) is 39.4. The van der Waals surface area contributed by atoms with Gasteiger partial charge in [0.1, 0.15) is 16.8 Å². The molecular formula is C60H81N9O15. The molecular weight excluding hydrogens is 1090 g/mol. The molecule has 0 unspecified atom stereocenters. The third kappa shape index (κ3) is 20.7. The van der Waals surface area contributed by atoms with E-state index in [1.165, 1.54) is 54.6 Å². The van der Waals surface area contributed by atoms with Crippen molar-refractivity contribution in [3.63, 3.8) is 0 Å². The molecule has 0 atom stereocenters. The molecule has 0 spiro atoms. The lowest BCUT2D eigenvalue weighted by Crippen LogP contribution is -2.33. The van der Waals surface area contributed by atoms with Crippen LogP contribution in [0.2, 0.25) is 0 Å². The molecule has 4 aromatic rings. The standard InChI is InChI=1S/C60H81N9O15/c1-16-37-40(31-61-52(73)64-43-25-22-34(49(70)79-19-4)28-46(43)67-55(76)82-58(7,8)9)38(17-2)42(33-63-54(75)66-45-27-24-36(51(72)81-21-6)30-48(45)69-57(78)84-60(13,14)15)39(18-3)41(37)32-62-53(74)65-44-26-23-35(50(71)80-20-5)29-47(44)68-56(77)83-59(10,11)12/h22-30H,16-21,31-33H2,1-15H3,(H,67,76)(H,68,77)(H,69,78)(H2,61,64,73)(H2,62,65,74)(H2,63,66,75). The Morgan fingerprint density at radius 2 is 0.571 bits per heavy atom. The van der Waals surface area contributed by atoms with Crippen molar-refractivity contribution in [3.8, 4) is 0 Å². The summed E-state index contributed by atoms with van der Waals surface area (Å²) < 4.78 is 31.9. The van der Waals surface area contributed by atoms with Gasteiger partial charge in [-0.2, -0.15) is 0 Å². The van der Waals surface area contributed by atoms with Crippen LogP contribution in [0.15, 0.2) is 54.6 Å². The number of rotatable bonds is 21. The lowest BCUT2D eigenvalue weighted by molar-refractivity contribution is 0.0517. The van der Waals surface area contributed by atoms with Crippen molar-refractivity contribution < 1.29 is 71.6 Å². The number of urea groups is 3. The van der Waals surface area contributed by atoms with Gasteiger partial charge in [-0.3, -0.25) is 16.0 Å². The number of carbonyl (C=O) groups excluding carboxylic acids is 9.